The van der Waals surface area contributed by atoms with Crippen molar-refractivity contribution in [2.24, 2.45) is 0 Å². The van der Waals surface area contributed by atoms with E-state index in [1.54, 1.807) is 0 Å². The van der Waals surface area contributed by atoms with Crippen LogP contribution in [-0.2, 0) is 0 Å². The van der Waals surface area contributed by atoms with Crippen LogP contribution < -0.4 is 0 Å². The molecule has 0 unspecified atom stereocenters. The van der Waals surface area contributed by atoms with Gasteiger partial charge in [0.1, 0.15) is 0 Å². The standard InChI is InChI=1S/C11H14/c1-3-7-10(2)11-8-5-4-6-9-11/h3-10H,1-2H3/b7-3+/t10-/m1/s1. The minimum Gasteiger partial charge on any atom is -0.0911 e. The van der Waals surface area contributed by atoms with E-state index in [1.165, 1.54) is 5.56 Å². The first-order valence-electron chi connectivity index (χ1n) is 4.02. The number of allylic oxidation sites excluding steroid dienone is 2. The molecule has 0 heterocycles. The fourth-order valence-corrected chi connectivity index (χ4v) is 1.16. The molecular weight excluding hydrogens is 132 g/mol. The lowest BCUT2D eigenvalue weighted by molar-refractivity contribution is 0.965. The van der Waals surface area contributed by atoms with Crippen LogP contribution >= 0.6 is 0 Å². The Hall–Kier alpha value is -1.04. The molecule has 0 heteroatoms. The third-order valence-electron chi connectivity index (χ3n) is 1.81. The second-order valence-corrected chi connectivity index (χ2v) is 2.73. The van der Waals surface area contributed by atoms with Gasteiger partial charge < -0.3 is 0 Å². The fraction of sp³-hybridized carbons (Fsp3) is 0.273. The van der Waals surface area contributed by atoms with E-state index in [0.29, 0.717) is 5.92 Å². The van der Waals surface area contributed by atoms with Gasteiger partial charge in [-0.15, -0.1) is 0 Å². The molecule has 11 heavy (non-hydrogen) atoms. The smallest absolute Gasteiger partial charge is 0.00105 e. The van der Waals surface area contributed by atoms with E-state index in [-0.39, 0.29) is 0 Å². The van der Waals surface area contributed by atoms with Gasteiger partial charge in [0, 0.05) is 0 Å². The fourth-order valence-electron chi connectivity index (χ4n) is 1.16. The number of hydrogen-bond acceptors (Lipinski definition) is 0. The zero-order chi connectivity index (χ0) is 8.10. The van der Waals surface area contributed by atoms with Crippen molar-refractivity contribution in [2.45, 2.75) is 19.8 Å². The number of hydrogen-bond donors (Lipinski definition) is 0. The molecule has 0 amide bonds. The highest BCUT2D eigenvalue weighted by Crippen LogP contribution is 2.14. The predicted molar refractivity (Wildman–Crippen MR) is 49.7 cm³/mol. The van der Waals surface area contributed by atoms with Gasteiger partial charge in [0.15, 0.2) is 0 Å². The molecule has 0 bridgehead atoms. The van der Waals surface area contributed by atoms with Crippen LogP contribution in [0.2, 0.25) is 0 Å². The maximum Gasteiger partial charge on any atom is -0.00105 e. The average Bonchev–Trinajstić information content (AvgIpc) is 2.07. The van der Waals surface area contributed by atoms with Crippen LogP contribution in [-0.4, -0.2) is 0 Å². The molecule has 0 radical (unpaired) electrons. The molecule has 1 aromatic rings. The molecule has 0 nitrogen and oxygen atoms in total. The zero-order valence-electron chi connectivity index (χ0n) is 7.12. The minimum atomic E-state index is 0.543. The van der Waals surface area contributed by atoms with Crippen LogP contribution in [0, 0.1) is 0 Å². The largest absolute Gasteiger partial charge is 0.0911 e. The summed E-state index contributed by atoms with van der Waals surface area (Å²) in [5.41, 5.74) is 1.38. The van der Waals surface area contributed by atoms with E-state index in [9.17, 15) is 0 Å². The molecular formula is C11H14. The van der Waals surface area contributed by atoms with Crippen molar-refractivity contribution < 1.29 is 0 Å². The van der Waals surface area contributed by atoms with Crippen molar-refractivity contribution in [3.05, 3.63) is 48.0 Å². The van der Waals surface area contributed by atoms with E-state index in [4.69, 9.17) is 0 Å². The van der Waals surface area contributed by atoms with Crippen molar-refractivity contribution in [2.75, 3.05) is 0 Å². The summed E-state index contributed by atoms with van der Waals surface area (Å²) in [6.07, 6.45) is 4.30. The van der Waals surface area contributed by atoms with Gasteiger partial charge in [-0.1, -0.05) is 49.4 Å². The Bertz CT molecular complexity index is 221. The van der Waals surface area contributed by atoms with Crippen molar-refractivity contribution in [3.63, 3.8) is 0 Å². The Morgan fingerprint density at radius 3 is 2.36 bits per heavy atom. The zero-order valence-corrected chi connectivity index (χ0v) is 7.12. The van der Waals surface area contributed by atoms with Gasteiger partial charge in [0.25, 0.3) is 0 Å². The summed E-state index contributed by atoms with van der Waals surface area (Å²) in [5.74, 6) is 0.543. The highest BCUT2D eigenvalue weighted by molar-refractivity contribution is 5.22. The van der Waals surface area contributed by atoms with Crippen LogP contribution in [0.3, 0.4) is 0 Å². The lowest BCUT2D eigenvalue weighted by Crippen LogP contribution is -1.86. The normalized spacial score (nSPS) is 13.6. The third kappa shape index (κ3) is 2.23. The van der Waals surface area contributed by atoms with Crippen molar-refractivity contribution in [1.29, 1.82) is 0 Å². The summed E-state index contributed by atoms with van der Waals surface area (Å²) >= 11 is 0. The van der Waals surface area contributed by atoms with Gasteiger partial charge in [0.05, 0.1) is 0 Å². The molecule has 0 N–H and O–H groups in total. The Morgan fingerprint density at radius 2 is 1.82 bits per heavy atom. The Morgan fingerprint density at radius 1 is 1.18 bits per heavy atom. The van der Waals surface area contributed by atoms with Crippen molar-refractivity contribution in [1.82, 2.24) is 0 Å². The molecule has 1 atom stereocenters. The third-order valence-corrected chi connectivity index (χ3v) is 1.81. The highest BCUT2D eigenvalue weighted by Gasteiger charge is 1.97. The average molecular weight is 146 g/mol. The maximum atomic E-state index is 2.20. The molecule has 0 saturated carbocycles. The molecule has 0 saturated heterocycles. The number of benzene rings is 1. The van der Waals surface area contributed by atoms with Crippen molar-refractivity contribution >= 4 is 0 Å². The highest BCUT2D eigenvalue weighted by atomic mass is 14.0. The van der Waals surface area contributed by atoms with Crippen LogP contribution in [0.1, 0.15) is 25.3 Å². The summed E-state index contributed by atoms with van der Waals surface area (Å²) in [6.45, 7) is 4.26. The second kappa shape index (κ2) is 3.97. The van der Waals surface area contributed by atoms with Gasteiger partial charge in [-0.05, 0) is 18.4 Å². The van der Waals surface area contributed by atoms with Gasteiger partial charge in [0.2, 0.25) is 0 Å². The monoisotopic (exact) mass is 146 g/mol. The summed E-state index contributed by atoms with van der Waals surface area (Å²) in [7, 11) is 0. The van der Waals surface area contributed by atoms with Crippen LogP contribution in [0.4, 0.5) is 0 Å². The van der Waals surface area contributed by atoms with Crippen LogP contribution in [0.5, 0.6) is 0 Å². The maximum absolute atomic E-state index is 2.20. The van der Waals surface area contributed by atoms with Gasteiger partial charge in [-0.25, -0.2) is 0 Å². The Balaban J connectivity index is 2.76. The first-order valence-corrected chi connectivity index (χ1v) is 4.02. The lowest BCUT2D eigenvalue weighted by atomic mass is 10.0. The molecule has 1 rings (SSSR count). The lowest BCUT2D eigenvalue weighted by Gasteiger charge is -2.04. The molecule has 0 aliphatic carbocycles. The molecule has 0 aliphatic heterocycles. The summed E-state index contributed by atoms with van der Waals surface area (Å²) in [6, 6.07) is 10.5. The summed E-state index contributed by atoms with van der Waals surface area (Å²) in [5, 5.41) is 0. The van der Waals surface area contributed by atoms with Gasteiger partial charge in [-0.2, -0.15) is 0 Å². The first-order chi connectivity index (χ1) is 5.34. The Kier molecular flexibility index (Phi) is 2.91. The summed E-state index contributed by atoms with van der Waals surface area (Å²) < 4.78 is 0. The molecule has 0 aromatic heterocycles. The first kappa shape index (κ1) is 8.06. The van der Waals surface area contributed by atoms with Crippen LogP contribution in [0.15, 0.2) is 42.5 Å². The minimum absolute atomic E-state index is 0.543. The predicted octanol–water partition coefficient (Wildman–Crippen LogP) is 3.37. The number of rotatable bonds is 2. The summed E-state index contributed by atoms with van der Waals surface area (Å²) in [4.78, 5) is 0. The SMILES string of the molecule is C/C=C/[C@@H](C)c1ccccc1. The van der Waals surface area contributed by atoms with E-state index >= 15 is 0 Å². The van der Waals surface area contributed by atoms with E-state index in [2.05, 4.69) is 50.3 Å². The molecule has 1 aromatic carbocycles. The van der Waals surface area contributed by atoms with E-state index in [1.807, 2.05) is 6.07 Å². The van der Waals surface area contributed by atoms with Gasteiger partial charge >= 0.3 is 0 Å². The molecule has 0 spiro atoms. The van der Waals surface area contributed by atoms with Gasteiger partial charge in [-0.3, -0.25) is 0 Å². The Labute approximate surface area is 68.6 Å². The quantitative estimate of drug-likeness (QED) is 0.561. The molecule has 58 valence electrons. The van der Waals surface area contributed by atoms with E-state index in [0.717, 1.165) is 0 Å². The van der Waals surface area contributed by atoms with Crippen LogP contribution in [0.25, 0.3) is 0 Å². The molecule has 0 aliphatic rings. The molecule has 0 fully saturated rings. The van der Waals surface area contributed by atoms with Crippen molar-refractivity contribution in [3.8, 4) is 0 Å². The van der Waals surface area contributed by atoms with E-state index < -0.39 is 0 Å². The topological polar surface area (TPSA) is 0 Å². The second-order valence-electron chi connectivity index (χ2n) is 2.73.